The molecule has 0 spiro atoms. The summed E-state index contributed by atoms with van der Waals surface area (Å²) in [6.45, 7) is 5.02. The van der Waals surface area contributed by atoms with Gasteiger partial charge in [-0.1, -0.05) is 13.0 Å². The summed E-state index contributed by atoms with van der Waals surface area (Å²) in [6, 6.07) is 4.53. The van der Waals surface area contributed by atoms with Gasteiger partial charge in [-0.3, -0.25) is 4.79 Å². The molecule has 0 saturated carbocycles. The van der Waals surface area contributed by atoms with Gasteiger partial charge in [-0.25, -0.2) is 8.42 Å². The number of aromatic hydroxyl groups is 1. The molecule has 1 saturated heterocycles. The van der Waals surface area contributed by atoms with Gasteiger partial charge in [-0.15, -0.1) is 0 Å². The van der Waals surface area contributed by atoms with Crippen LogP contribution in [0.1, 0.15) is 25.3 Å². The number of aryl methyl sites for hydroxylation is 1. The number of hydrogen-bond acceptors (Lipinski definition) is 4. The fourth-order valence-electron chi connectivity index (χ4n) is 2.52. The van der Waals surface area contributed by atoms with E-state index in [1.807, 2.05) is 6.92 Å². The maximum absolute atomic E-state index is 12.6. The van der Waals surface area contributed by atoms with Crippen molar-refractivity contribution >= 4 is 15.9 Å². The molecule has 0 unspecified atom stereocenters. The number of carbonyl (C=O) groups is 1. The molecule has 1 N–H and O–H groups in total. The number of carbonyl (C=O) groups excluding carboxylic acids is 1. The minimum atomic E-state index is -3.73. The monoisotopic (exact) mass is 326 g/mol. The van der Waals surface area contributed by atoms with E-state index in [1.165, 1.54) is 16.4 Å². The first-order valence-corrected chi connectivity index (χ1v) is 8.88. The highest BCUT2D eigenvalue weighted by Gasteiger charge is 2.31. The predicted octanol–water partition coefficient (Wildman–Crippen LogP) is 1.33. The lowest BCUT2D eigenvalue weighted by Crippen LogP contribution is -2.50. The number of rotatable bonds is 4. The largest absolute Gasteiger partial charge is 0.507 e. The topological polar surface area (TPSA) is 77.9 Å². The van der Waals surface area contributed by atoms with Crippen LogP contribution in [0.5, 0.6) is 5.75 Å². The minimum absolute atomic E-state index is 0.0675. The Morgan fingerprint density at radius 3 is 2.45 bits per heavy atom. The molecule has 1 amide bonds. The van der Waals surface area contributed by atoms with Crippen LogP contribution in [0.15, 0.2) is 23.1 Å². The van der Waals surface area contributed by atoms with Crippen molar-refractivity contribution in [1.29, 1.82) is 0 Å². The molecule has 0 aromatic heterocycles. The second-order valence-corrected chi connectivity index (χ2v) is 7.41. The predicted molar refractivity (Wildman–Crippen MR) is 83.1 cm³/mol. The first-order chi connectivity index (χ1) is 10.4. The van der Waals surface area contributed by atoms with E-state index in [4.69, 9.17) is 0 Å². The lowest BCUT2D eigenvalue weighted by molar-refractivity contribution is -0.132. The average Bonchev–Trinajstić information content (AvgIpc) is 2.50. The summed E-state index contributed by atoms with van der Waals surface area (Å²) in [6.07, 6.45) is 1.28. The van der Waals surface area contributed by atoms with Crippen LogP contribution in [-0.2, 0) is 14.8 Å². The van der Waals surface area contributed by atoms with E-state index in [0.717, 1.165) is 12.0 Å². The number of sulfonamides is 1. The number of amides is 1. The molecule has 0 bridgehead atoms. The van der Waals surface area contributed by atoms with Gasteiger partial charge in [0.2, 0.25) is 15.9 Å². The van der Waals surface area contributed by atoms with Crippen molar-refractivity contribution in [2.45, 2.75) is 31.6 Å². The SMILES string of the molecule is CCCC(=O)N1CCN(S(=O)(=O)c2cc(C)ccc2O)CC1. The van der Waals surface area contributed by atoms with Crippen LogP contribution in [0.3, 0.4) is 0 Å². The van der Waals surface area contributed by atoms with E-state index in [1.54, 1.807) is 17.9 Å². The van der Waals surface area contributed by atoms with Crippen molar-refractivity contribution in [1.82, 2.24) is 9.21 Å². The minimum Gasteiger partial charge on any atom is -0.507 e. The van der Waals surface area contributed by atoms with Crippen LogP contribution in [0.2, 0.25) is 0 Å². The zero-order valence-corrected chi connectivity index (χ0v) is 13.8. The van der Waals surface area contributed by atoms with Crippen molar-refractivity contribution in [3.8, 4) is 5.75 Å². The first-order valence-electron chi connectivity index (χ1n) is 7.43. The fraction of sp³-hybridized carbons (Fsp3) is 0.533. The molecule has 22 heavy (non-hydrogen) atoms. The molecule has 0 atom stereocenters. The van der Waals surface area contributed by atoms with E-state index in [-0.39, 0.29) is 29.6 Å². The Balaban J connectivity index is 2.13. The van der Waals surface area contributed by atoms with Crippen LogP contribution in [0.4, 0.5) is 0 Å². The van der Waals surface area contributed by atoms with E-state index < -0.39 is 10.0 Å². The van der Waals surface area contributed by atoms with Crippen molar-refractivity contribution < 1.29 is 18.3 Å². The van der Waals surface area contributed by atoms with Gasteiger partial charge < -0.3 is 10.0 Å². The Bertz CT molecular complexity index is 650. The summed E-state index contributed by atoms with van der Waals surface area (Å²) in [5, 5.41) is 9.84. The van der Waals surface area contributed by atoms with Crippen LogP contribution >= 0.6 is 0 Å². The van der Waals surface area contributed by atoms with Gasteiger partial charge >= 0.3 is 0 Å². The zero-order valence-electron chi connectivity index (χ0n) is 12.9. The lowest BCUT2D eigenvalue weighted by Gasteiger charge is -2.34. The quantitative estimate of drug-likeness (QED) is 0.905. The van der Waals surface area contributed by atoms with Crippen molar-refractivity contribution in [3.63, 3.8) is 0 Å². The molecular weight excluding hydrogens is 304 g/mol. The highest BCUT2D eigenvalue weighted by atomic mass is 32.2. The molecule has 1 aliphatic rings. The van der Waals surface area contributed by atoms with E-state index >= 15 is 0 Å². The third-order valence-corrected chi connectivity index (χ3v) is 5.72. The van der Waals surface area contributed by atoms with Crippen molar-refractivity contribution in [3.05, 3.63) is 23.8 Å². The number of phenolic OH excluding ortho intramolecular Hbond substituents is 1. The summed E-state index contributed by atoms with van der Waals surface area (Å²) in [4.78, 5) is 13.5. The number of piperazine rings is 1. The van der Waals surface area contributed by atoms with Gasteiger partial charge in [0, 0.05) is 32.6 Å². The molecule has 1 heterocycles. The Hall–Kier alpha value is -1.60. The lowest BCUT2D eigenvalue weighted by atomic mass is 10.2. The maximum Gasteiger partial charge on any atom is 0.246 e. The molecule has 0 aliphatic carbocycles. The fourth-order valence-corrected chi connectivity index (χ4v) is 4.11. The van der Waals surface area contributed by atoms with Crippen LogP contribution in [0.25, 0.3) is 0 Å². The second kappa shape index (κ2) is 6.66. The third-order valence-electron chi connectivity index (χ3n) is 3.79. The number of hydrogen-bond donors (Lipinski definition) is 1. The Labute approximate surface area is 131 Å². The average molecular weight is 326 g/mol. The molecule has 1 aliphatic heterocycles. The van der Waals surface area contributed by atoms with Gasteiger partial charge in [0.1, 0.15) is 10.6 Å². The zero-order chi connectivity index (χ0) is 16.3. The summed E-state index contributed by atoms with van der Waals surface area (Å²) in [7, 11) is -3.73. The highest BCUT2D eigenvalue weighted by molar-refractivity contribution is 7.89. The van der Waals surface area contributed by atoms with Gasteiger partial charge in [-0.2, -0.15) is 4.31 Å². The summed E-state index contributed by atoms with van der Waals surface area (Å²) < 4.78 is 26.6. The van der Waals surface area contributed by atoms with Crippen molar-refractivity contribution in [2.75, 3.05) is 26.2 Å². The number of benzene rings is 1. The van der Waals surface area contributed by atoms with E-state index in [9.17, 15) is 18.3 Å². The second-order valence-electron chi connectivity index (χ2n) is 5.51. The highest BCUT2D eigenvalue weighted by Crippen LogP contribution is 2.27. The molecule has 6 nitrogen and oxygen atoms in total. The van der Waals surface area contributed by atoms with Crippen LogP contribution < -0.4 is 0 Å². The molecule has 1 aromatic rings. The Morgan fingerprint density at radius 1 is 1.23 bits per heavy atom. The normalized spacial score (nSPS) is 16.7. The van der Waals surface area contributed by atoms with E-state index in [2.05, 4.69) is 0 Å². The number of nitrogens with zero attached hydrogens (tertiary/aromatic N) is 2. The first kappa shape index (κ1) is 16.8. The van der Waals surface area contributed by atoms with E-state index in [0.29, 0.717) is 19.5 Å². The summed E-state index contributed by atoms with van der Waals surface area (Å²) >= 11 is 0. The van der Waals surface area contributed by atoms with Gasteiger partial charge in [-0.05, 0) is 31.0 Å². The molecule has 1 aromatic carbocycles. The van der Waals surface area contributed by atoms with Crippen LogP contribution in [0, 0.1) is 6.92 Å². The maximum atomic E-state index is 12.6. The Morgan fingerprint density at radius 2 is 1.86 bits per heavy atom. The third kappa shape index (κ3) is 3.41. The molecule has 0 radical (unpaired) electrons. The summed E-state index contributed by atoms with van der Waals surface area (Å²) in [5.74, 6) is -0.173. The van der Waals surface area contributed by atoms with Gasteiger partial charge in [0.15, 0.2) is 0 Å². The standard InChI is InChI=1S/C15H22N2O4S/c1-3-4-15(19)16-7-9-17(10-8-16)22(20,21)14-11-12(2)5-6-13(14)18/h5-6,11,18H,3-4,7-10H2,1-2H3. The molecule has 7 heteroatoms. The van der Waals surface area contributed by atoms with Crippen molar-refractivity contribution in [2.24, 2.45) is 0 Å². The Kier molecular flexibility index (Phi) is 5.08. The molecular formula is C15H22N2O4S. The van der Waals surface area contributed by atoms with Gasteiger partial charge in [0.05, 0.1) is 0 Å². The van der Waals surface area contributed by atoms with Gasteiger partial charge in [0.25, 0.3) is 0 Å². The molecule has 2 rings (SSSR count). The van der Waals surface area contributed by atoms with Crippen LogP contribution in [-0.4, -0.2) is 54.8 Å². The smallest absolute Gasteiger partial charge is 0.246 e. The molecule has 1 fully saturated rings. The number of phenols is 1. The summed E-state index contributed by atoms with van der Waals surface area (Å²) in [5.41, 5.74) is 0.771. The molecule has 122 valence electrons.